The number of nitro benzene ring substituents is 1. The summed E-state index contributed by atoms with van der Waals surface area (Å²) in [6, 6.07) is 13.6. The minimum Gasteiger partial charge on any atom is -0.459 e. The molecule has 0 amide bonds. The molecule has 3 aliphatic rings. The summed E-state index contributed by atoms with van der Waals surface area (Å²) in [5.41, 5.74) is 3.19. The van der Waals surface area contributed by atoms with Crippen LogP contribution in [0.4, 0.5) is 5.69 Å². The van der Waals surface area contributed by atoms with Crippen molar-refractivity contribution in [3.8, 4) is 0 Å². The third kappa shape index (κ3) is 4.26. The number of ether oxygens (including phenoxy) is 1. The van der Waals surface area contributed by atoms with Crippen LogP contribution in [0.25, 0.3) is 5.70 Å². The van der Waals surface area contributed by atoms with Gasteiger partial charge in [-0.3, -0.25) is 14.9 Å². The van der Waals surface area contributed by atoms with Crippen LogP contribution in [0.5, 0.6) is 0 Å². The lowest BCUT2D eigenvalue weighted by molar-refractivity contribution is -0.385. The normalized spacial score (nSPS) is 25.1. The number of nitrogens with one attached hydrogen (secondary N) is 1. The Morgan fingerprint density at radius 1 is 1.08 bits per heavy atom. The molecule has 0 saturated heterocycles. The fraction of sp³-hybridized carbons (Fsp3) is 0.400. The highest BCUT2D eigenvalue weighted by Crippen LogP contribution is 2.49. The van der Waals surface area contributed by atoms with E-state index in [1.807, 2.05) is 12.1 Å². The largest absolute Gasteiger partial charge is 0.459 e. The number of fused-ring (bicyclic) bond motifs is 2. The fourth-order valence-corrected chi connectivity index (χ4v) is 6.26. The molecule has 2 aromatic carbocycles. The van der Waals surface area contributed by atoms with Crippen LogP contribution in [0, 0.1) is 27.9 Å². The van der Waals surface area contributed by atoms with E-state index >= 15 is 0 Å². The maximum Gasteiger partial charge on any atom is 0.337 e. The van der Waals surface area contributed by atoms with E-state index in [9.17, 15) is 19.7 Å². The Morgan fingerprint density at radius 2 is 1.76 bits per heavy atom. The molecule has 1 heterocycles. The lowest BCUT2D eigenvalue weighted by atomic mass is 9.75. The zero-order chi connectivity index (χ0) is 26.4. The number of nitro groups is 1. The number of esters is 1. The molecule has 1 aliphatic heterocycles. The van der Waals surface area contributed by atoms with Crippen LogP contribution >= 0.6 is 0 Å². The number of nitrogens with zero attached hydrogens (tertiary/aromatic N) is 1. The number of Topliss-reactive ketones (excluding diaryl/α,β-unsaturated/α-hetero) is 1. The van der Waals surface area contributed by atoms with Gasteiger partial charge in [0.25, 0.3) is 5.69 Å². The summed E-state index contributed by atoms with van der Waals surface area (Å²) < 4.78 is 6.22. The van der Waals surface area contributed by atoms with Gasteiger partial charge in [0.2, 0.25) is 0 Å². The lowest BCUT2D eigenvalue weighted by Crippen LogP contribution is -2.38. The Hall–Kier alpha value is -3.74. The van der Waals surface area contributed by atoms with Crippen LogP contribution in [0.2, 0.25) is 0 Å². The molecule has 0 spiro atoms. The Balaban J connectivity index is 1.62. The number of rotatable bonds is 5. The Bertz CT molecular complexity index is 1360. The zero-order valence-corrected chi connectivity index (χ0v) is 21.6. The molecule has 7 nitrogen and oxygen atoms in total. The van der Waals surface area contributed by atoms with Gasteiger partial charge in [0.1, 0.15) is 6.10 Å². The predicted molar refractivity (Wildman–Crippen MR) is 141 cm³/mol. The molecule has 1 fully saturated rings. The number of carbonyl (C=O) groups is 2. The molecule has 4 atom stereocenters. The van der Waals surface area contributed by atoms with Gasteiger partial charge < -0.3 is 10.1 Å². The monoisotopic (exact) mass is 500 g/mol. The third-order valence-electron chi connectivity index (χ3n) is 8.13. The van der Waals surface area contributed by atoms with E-state index in [0.717, 1.165) is 24.8 Å². The summed E-state index contributed by atoms with van der Waals surface area (Å²) in [6.07, 6.45) is 2.63. The first-order valence-electron chi connectivity index (χ1n) is 13.0. The molecule has 0 bridgehead atoms. The molecule has 1 N–H and O–H groups in total. The number of ketones is 1. The highest BCUT2D eigenvalue weighted by Gasteiger charge is 2.46. The van der Waals surface area contributed by atoms with E-state index in [2.05, 4.69) is 26.1 Å². The minimum atomic E-state index is -0.913. The summed E-state index contributed by atoms with van der Waals surface area (Å²) in [4.78, 5) is 39.2. The van der Waals surface area contributed by atoms with Gasteiger partial charge in [0, 0.05) is 34.0 Å². The van der Waals surface area contributed by atoms with E-state index in [-0.39, 0.29) is 29.1 Å². The number of benzene rings is 2. The SMILES string of the molecule is CC1=C(C(=O)O[C@@H]2C[C@H](C)CC[C@H]2C(C)C)[C@@H](c2ccccc2[N+](=O)[O-])C2=C(N1)c1ccccc1C2=O. The first kappa shape index (κ1) is 24.9. The van der Waals surface area contributed by atoms with Crippen molar-refractivity contribution in [1.29, 1.82) is 0 Å². The molecular weight excluding hydrogens is 468 g/mol. The van der Waals surface area contributed by atoms with Crippen molar-refractivity contribution in [3.63, 3.8) is 0 Å². The molecule has 7 heteroatoms. The number of dihydropyridines is 1. The first-order valence-corrected chi connectivity index (χ1v) is 13.0. The van der Waals surface area contributed by atoms with E-state index in [1.54, 1.807) is 37.3 Å². The topological polar surface area (TPSA) is 98.5 Å². The van der Waals surface area contributed by atoms with Gasteiger partial charge in [-0.15, -0.1) is 0 Å². The van der Waals surface area contributed by atoms with Crippen LogP contribution in [-0.2, 0) is 9.53 Å². The zero-order valence-electron chi connectivity index (χ0n) is 21.6. The van der Waals surface area contributed by atoms with Gasteiger partial charge in [0.05, 0.1) is 22.1 Å². The smallest absolute Gasteiger partial charge is 0.337 e. The van der Waals surface area contributed by atoms with Gasteiger partial charge in [0.15, 0.2) is 5.78 Å². The van der Waals surface area contributed by atoms with Crippen LogP contribution < -0.4 is 5.32 Å². The maximum absolute atomic E-state index is 14.0. The molecule has 2 aromatic rings. The standard InChI is InChI=1S/C30H32N2O5/c1-16(2)19-14-13-17(3)15-24(19)37-30(34)25-18(4)31-28-20-9-5-6-10-21(20)29(33)27(28)26(25)22-11-7-8-12-23(22)32(35)36/h5-12,16-17,19,24,26,31H,13-15H2,1-4H3/t17-,19+,24-,26-/m1/s1. The Morgan fingerprint density at radius 3 is 2.46 bits per heavy atom. The number of para-hydroxylation sites is 1. The van der Waals surface area contributed by atoms with Crippen molar-refractivity contribution in [2.75, 3.05) is 0 Å². The minimum absolute atomic E-state index is 0.130. The van der Waals surface area contributed by atoms with Gasteiger partial charge in [-0.25, -0.2) is 4.79 Å². The quantitative estimate of drug-likeness (QED) is 0.300. The molecule has 0 unspecified atom stereocenters. The van der Waals surface area contributed by atoms with Gasteiger partial charge in [-0.05, 0) is 37.5 Å². The van der Waals surface area contributed by atoms with Crippen molar-refractivity contribution in [3.05, 3.63) is 92.2 Å². The second-order valence-corrected chi connectivity index (χ2v) is 10.8. The number of carbonyl (C=O) groups excluding carboxylic acids is 2. The summed E-state index contributed by atoms with van der Waals surface area (Å²) in [7, 11) is 0. The Kier molecular flexibility index (Phi) is 6.48. The fourth-order valence-electron chi connectivity index (χ4n) is 6.26. The summed E-state index contributed by atoms with van der Waals surface area (Å²) in [5.74, 6) is -0.619. The molecule has 1 saturated carbocycles. The average molecular weight is 501 g/mol. The van der Waals surface area contributed by atoms with E-state index in [1.165, 1.54) is 6.07 Å². The average Bonchev–Trinajstić information content (AvgIpc) is 3.14. The molecule has 0 radical (unpaired) electrons. The van der Waals surface area contributed by atoms with Crippen LogP contribution in [0.1, 0.15) is 74.4 Å². The van der Waals surface area contributed by atoms with Gasteiger partial charge in [-0.1, -0.05) is 69.7 Å². The first-order chi connectivity index (χ1) is 17.7. The van der Waals surface area contributed by atoms with Crippen LogP contribution in [0.3, 0.4) is 0 Å². The van der Waals surface area contributed by atoms with E-state index in [4.69, 9.17) is 4.74 Å². The molecule has 192 valence electrons. The summed E-state index contributed by atoms with van der Waals surface area (Å²) in [6.45, 7) is 8.24. The second-order valence-electron chi connectivity index (χ2n) is 10.8. The van der Waals surface area contributed by atoms with Gasteiger partial charge in [-0.2, -0.15) is 0 Å². The van der Waals surface area contributed by atoms with Crippen molar-refractivity contribution in [2.24, 2.45) is 17.8 Å². The van der Waals surface area contributed by atoms with Crippen LogP contribution in [0.15, 0.2) is 65.4 Å². The van der Waals surface area contributed by atoms with E-state index < -0.39 is 16.8 Å². The van der Waals surface area contributed by atoms with Crippen molar-refractivity contribution in [2.45, 2.75) is 59.0 Å². The molecule has 37 heavy (non-hydrogen) atoms. The van der Waals surface area contributed by atoms with Crippen LogP contribution in [-0.4, -0.2) is 22.8 Å². The Labute approximate surface area is 216 Å². The summed E-state index contributed by atoms with van der Waals surface area (Å²) >= 11 is 0. The molecule has 0 aromatic heterocycles. The molecule has 2 aliphatic carbocycles. The number of allylic oxidation sites excluding steroid dienone is 2. The summed E-state index contributed by atoms with van der Waals surface area (Å²) in [5, 5.41) is 15.3. The highest BCUT2D eigenvalue weighted by atomic mass is 16.6. The highest BCUT2D eigenvalue weighted by molar-refractivity contribution is 6.23. The van der Waals surface area contributed by atoms with Crippen molar-refractivity contribution in [1.82, 2.24) is 5.32 Å². The van der Waals surface area contributed by atoms with Crippen molar-refractivity contribution >= 4 is 23.1 Å². The third-order valence-corrected chi connectivity index (χ3v) is 8.13. The van der Waals surface area contributed by atoms with E-state index in [0.29, 0.717) is 39.9 Å². The second kappa shape index (κ2) is 9.61. The molecular formula is C30H32N2O5. The maximum atomic E-state index is 14.0. The lowest BCUT2D eigenvalue weighted by Gasteiger charge is -2.37. The van der Waals surface area contributed by atoms with Crippen molar-refractivity contribution < 1.29 is 19.2 Å². The number of hydrogen-bond donors (Lipinski definition) is 1. The predicted octanol–water partition coefficient (Wildman–Crippen LogP) is 6.17. The molecule has 5 rings (SSSR count). The van der Waals surface area contributed by atoms with Gasteiger partial charge >= 0.3 is 5.97 Å². The number of hydrogen-bond acceptors (Lipinski definition) is 6.